The van der Waals surface area contributed by atoms with E-state index in [9.17, 15) is 0 Å². The number of nitrogens with zero attached hydrogens (tertiary/aromatic N) is 1. The second-order valence-corrected chi connectivity index (χ2v) is 6.99. The van der Waals surface area contributed by atoms with Crippen LogP contribution < -0.4 is 5.73 Å². The summed E-state index contributed by atoms with van der Waals surface area (Å²) in [7, 11) is 0. The van der Waals surface area contributed by atoms with Crippen molar-refractivity contribution in [2.24, 2.45) is 17.6 Å². The van der Waals surface area contributed by atoms with Crippen molar-refractivity contribution in [2.45, 2.75) is 52.2 Å². The Hall–Kier alpha value is -0.570. The molecule has 0 saturated carbocycles. The van der Waals surface area contributed by atoms with Crippen molar-refractivity contribution < 1.29 is 0 Å². The molecule has 0 bridgehead atoms. The summed E-state index contributed by atoms with van der Waals surface area (Å²) >= 11 is 6.42. The average molecular weight is 295 g/mol. The summed E-state index contributed by atoms with van der Waals surface area (Å²) in [6.45, 7) is 10.2. The summed E-state index contributed by atoms with van der Waals surface area (Å²) in [4.78, 5) is 2.56. The molecule has 1 heterocycles. The Balaban J connectivity index is 2.36. The van der Waals surface area contributed by atoms with Crippen LogP contribution in [0, 0.1) is 11.8 Å². The van der Waals surface area contributed by atoms with Crippen molar-refractivity contribution >= 4 is 11.6 Å². The molecule has 5 unspecified atom stereocenters. The molecule has 1 aliphatic rings. The zero-order valence-corrected chi connectivity index (χ0v) is 13.8. The van der Waals surface area contributed by atoms with Crippen molar-refractivity contribution in [1.82, 2.24) is 4.90 Å². The zero-order chi connectivity index (χ0) is 14.9. The van der Waals surface area contributed by atoms with Crippen LogP contribution in [-0.4, -0.2) is 23.5 Å². The second kappa shape index (κ2) is 6.46. The van der Waals surface area contributed by atoms with Gasteiger partial charge >= 0.3 is 0 Å². The molecule has 0 aromatic heterocycles. The number of likely N-dealkylation sites (tertiary alicyclic amines) is 1. The number of hydrogen-bond donors (Lipinski definition) is 1. The highest BCUT2D eigenvalue weighted by molar-refractivity contribution is 6.31. The first-order chi connectivity index (χ1) is 9.41. The van der Waals surface area contributed by atoms with Crippen LogP contribution in [0.25, 0.3) is 0 Å². The third-order valence-corrected chi connectivity index (χ3v) is 5.07. The highest BCUT2D eigenvalue weighted by atomic mass is 35.5. The summed E-state index contributed by atoms with van der Waals surface area (Å²) in [6.07, 6.45) is 1.30. The smallest absolute Gasteiger partial charge is 0.0514 e. The minimum Gasteiger partial charge on any atom is -0.326 e. The molecule has 2 N–H and O–H groups in total. The molecule has 1 fully saturated rings. The lowest BCUT2D eigenvalue weighted by molar-refractivity contribution is 0.0315. The van der Waals surface area contributed by atoms with Gasteiger partial charge in [-0.15, -0.1) is 0 Å². The fourth-order valence-corrected chi connectivity index (χ4v) is 3.85. The number of piperidine rings is 1. The third-order valence-electron chi connectivity index (χ3n) is 4.72. The molecule has 2 nitrogen and oxygen atoms in total. The van der Waals surface area contributed by atoms with Gasteiger partial charge in [0.1, 0.15) is 0 Å². The van der Waals surface area contributed by atoms with Crippen LogP contribution in [0.15, 0.2) is 24.3 Å². The van der Waals surface area contributed by atoms with E-state index in [0.29, 0.717) is 17.9 Å². The first kappa shape index (κ1) is 15.8. The van der Waals surface area contributed by atoms with Crippen molar-refractivity contribution in [1.29, 1.82) is 0 Å². The van der Waals surface area contributed by atoms with Crippen LogP contribution in [-0.2, 0) is 0 Å². The lowest BCUT2D eigenvalue weighted by Gasteiger charge is -2.47. The molecule has 1 aromatic carbocycles. The summed E-state index contributed by atoms with van der Waals surface area (Å²) in [6, 6.07) is 8.92. The molecule has 2 rings (SSSR count). The second-order valence-electron chi connectivity index (χ2n) is 6.58. The number of halogens is 1. The average Bonchev–Trinajstić information content (AvgIpc) is 2.37. The minimum atomic E-state index is 0.0647. The van der Waals surface area contributed by atoms with Gasteiger partial charge < -0.3 is 5.73 Å². The van der Waals surface area contributed by atoms with Crippen LogP contribution in [0.4, 0.5) is 0 Å². The molecular weight excluding hydrogens is 268 g/mol. The molecule has 0 amide bonds. The van der Waals surface area contributed by atoms with Gasteiger partial charge in [0.25, 0.3) is 0 Å². The van der Waals surface area contributed by atoms with Crippen molar-refractivity contribution in [2.75, 3.05) is 6.54 Å². The van der Waals surface area contributed by atoms with E-state index in [-0.39, 0.29) is 12.1 Å². The van der Waals surface area contributed by atoms with Gasteiger partial charge in [0, 0.05) is 23.7 Å². The minimum absolute atomic E-state index is 0.0647. The van der Waals surface area contributed by atoms with E-state index in [1.807, 2.05) is 12.1 Å². The largest absolute Gasteiger partial charge is 0.326 e. The van der Waals surface area contributed by atoms with E-state index in [2.05, 4.69) is 44.7 Å². The van der Waals surface area contributed by atoms with Crippen molar-refractivity contribution in [3.63, 3.8) is 0 Å². The van der Waals surface area contributed by atoms with Crippen LogP contribution >= 0.6 is 11.6 Å². The third kappa shape index (κ3) is 3.19. The van der Waals surface area contributed by atoms with Gasteiger partial charge in [0.05, 0.1) is 6.04 Å². The van der Waals surface area contributed by atoms with E-state index < -0.39 is 0 Å². The molecule has 0 aliphatic carbocycles. The van der Waals surface area contributed by atoms with Crippen LogP contribution in [0.3, 0.4) is 0 Å². The maximum atomic E-state index is 6.42. The van der Waals surface area contributed by atoms with Gasteiger partial charge in [-0.2, -0.15) is 0 Å². The Labute approximate surface area is 128 Å². The van der Waals surface area contributed by atoms with E-state index in [0.717, 1.165) is 17.1 Å². The fourth-order valence-electron chi connectivity index (χ4n) is 3.60. The molecule has 0 radical (unpaired) electrons. The van der Waals surface area contributed by atoms with Crippen molar-refractivity contribution in [3.05, 3.63) is 34.9 Å². The fraction of sp³-hybridized carbons (Fsp3) is 0.647. The first-order valence-corrected chi connectivity index (χ1v) is 8.05. The van der Waals surface area contributed by atoms with Crippen molar-refractivity contribution in [3.8, 4) is 0 Å². The Bertz CT molecular complexity index is 446. The predicted molar refractivity (Wildman–Crippen MR) is 87.0 cm³/mol. The Morgan fingerprint density at radius 1 is 1.25 bits per heavy atom. The normalized spacial score (nSPS) is 31.0. The number of benzene rings is 1. The maximum absolute atomic E-state index is 6.42. The monoisotopic (exact) mass is 294 g/mol. The summed E-state index contributed by atoms with van der Waals surface area (Å²) in [5.74, 6) is 1.41. The van der Waals surface area contributed by atoms with Gasteiger partial charge in [-0.05, 0) is 43.7 Å². The summed E-state index contributed by atoms with van der Waals surface area (Å²) in [5.41, 5.74) is 7.49. The molecule has 1 aromatic rings. The highest BCUT2D eigenvalue weighted by Crippen LogP contribution is 2.37. The molecule has 1 aliphatic heterocycles. The van der Waals surface area contributed by atoms with E-state index in [1.165, 1.54) is 6.42 Å². The topological polar surface area (TPSA) is 29.3 Å². The van der Waals surface area contributed by atoms with E-state index in [1.54, 1.807) is 0 Å². The van der Waals surface area contributed by atoms with Gasteiger partial charge in [-0.3, -0.25) is 4.90 Å². The van der Waals surface area contributed by atoms with Crippen LogP contribution in [0.5, 0.6) is 0 Å². The maximum Gasteiger partial charge on any atom is 0.0514 e. The molecule has 3 heteroatoms. The molecule has 1 saturated heterocycles. The van der Waals surface area contributed by atoms with E-state index in [4.69, 9.17) is 17.3 Å². The molecule has 20 heavy (non-hydrogen) atoms. The first-order valence-electron chi connectivity index (χ1n) is 7.67. The summed E-state index contributed by atoms with van der Waals surface area (Å²) < 4.78 is 0. The number of nitrogens with two attached hydrogens (primary N) is 1. The van der Waals surface area contributed by atoms with Gasteiger partial charge in [0.15, 0.2) is 0 Å². The van der Waals surface area contributed by atoms with Gasteiger partial charge in [-0.1, -0.05) is 43.6 Å². The van der Waals surface area contributed by atoms with E-state index >= 15 is 0 Å². The Morgan fingerprint density at radius 2 is 1.90 bits per heavy atom. The Morgan fingerprint density at radius 3 is 2.50 bits per heavy atom. The molecule has 5 atom stereocenters. The summed E-state index contributed by atoms with van der Waals surface area (Å²) in [5, 5.41) is 0.827. The lowest BCUT2D eigenvalue weighted by Crippen LogP contribution is -2.51. The standard InChI is InChI=1S/C17H27ClN2/c1-11-9-12(2)14(4)20(10-11)17(13(3)19)15-7-5-6-8-16(15)18/h5-8,11-14,17H,9-10,19H2,1-4H3. The number of hydrogen-bond acceptors (Lipinski definition) is 2. The highest BCUT2D eigenvalue weighted by Gasteiger charge is 2.36. The molecular formula is C17H27ClN2. The predicted octanol–water partition coefficient (Wildman–Crippen LogP) is 4.09. The zero-order valence-electron chi connectivity index (χ0n) is 13.0. The van der Waals surface area contributed by atoms with Gasteiger partial charge in [0.2, 0.25) is 0 Å². The molecule has 112 valence electrons. The van der Waals surface area contributed by atoms with Gasteiger partial charge in [-0.25, -0.2) is 0 Å². The SMILES string of the molecule is CC1CC(C)C(C)N(C(c2ccccc2Cl)C(C)N)C1. The quantitative estimate of drug-likeness (QED) is 0.909. The Kier molecular flexibility index (Phi) is 5.11. The molecule has 0 spiro atoms. The van der Waals surface area contributed by atoms with Crippen LogP contribution in [0.2, 0.25) is 5.02 Å². The van der Waals surface area contributed by atoms with Crippen LogP contribution in [0.1, 0.15) is 45.7 Å². The number of rotatable bonds is 3. The lowest BCUT2D eigenvalue weighted by atomic mass is 9.83.